The SMILES string of the molecule is CSCc1ncccn1. The number of rotatable bonds is 2. The third-order valence-corrected chi connectivity index (χ3v) is 1.44. The summed E-state index contributed by atoms with van der Waals surface area (Å²) < 4.78 is 0. The topological polar surface area (TPSA) is 25.8 Å². The Kier molecular flexibility index (Phi) is 2.51. The first-order valence-corrected chi connectivity index (χ1v) is 4.07. The molecule has 0 N–H and O–H groups in total. The molecular formula is C6H8N2S. The monoisotopic (exact) mass is 140 g/mol. The smallest absolute Gasteiger partial charge is 0.138 e. The number of thioether (sulfide) groups is 1. The van der Waals surface area contributed by atoms with Crippen LogP contribution in [0.15, 0.2) is 18.5 Å². The summed E-state index contributed by atoms with van der Waals surface area (Å²) in [7, 11) is 0. The van der Waals surface area contributed by atoms with Crippen molar-refractivity contribution in [2.75, 3.05) is 6.26 Å². The van der Waals surface area contributed by atoms with Gasteiger partial charge < -0.3 is 0 Å². The van der Waals surface area contributed by atoms with Gasteiger partial charge in [-0.3, -0.25) is 0 Å². The van der Waals surface area contributed by atoms with E-state index in [0.29, 0.717) is 0 Å². The van der Waals surface area contributed by atoms with Gasteiger partial charge in [-0.25, -0.2) is 9.97 Å². The average molecular weight is 140 g/mol. The van der Waals surface area contributed by atoms with Crippen molar-refractivity contribution in [2.45, 2.75) is 5.75 Å². The van der Waals surface area contributed by atoms with Crippen LogP contribution in [-0.4, -0.2) is 16.2 Å². The highest BCUT2D eigenvalue weighted by molar-refractivity contribution is 7.97. The van der Waals surface area contributed by atoms with E-state index in [1.807, 2.05) is 12.3 Å². The van der Waals surface area contributed by atoms with Gasteiger partial charge in [-0.2, -0.15) is 11.8 Å². The van der Waals surface area contributed by atoms with Crippen molar-refractivity contribution in [1.82, 2.24) is 9.97 Å². The quantitative estimate of drug-likeness (QED) is 0.620. The molecule has 0 atom stereocenters. The fourth-order valence-corrected chi connectivity index (χ4v) is 0.941. The van der Waals surface area contributed by atoms with E-state index in [1.54, 1.807) is 24.2 Å². The Balaban J connectivity index is 2.61. The summed E-state index contributed by atoms with van der Waals surface area (Å²) in [6, 6.07) is 1.82. The van der Waals surface area contributed by atoms with Crippen molar-refractivity contribution in [3.8, 4) is 0 Å². The summed E-state index contributed by atoms with van der Waals surface area (Å²) in [5, 5.41) is 0. The zero-order valence-electron chi connectivity index (χ0n) is 5.24. The molecule has 0 radical (unpaired) electrons. The second-order valence-corrected chi connectivity index (χ2v) is 2.46. The molecule has 1 aromatic rings. The molecule has 0 aliphatic heterocycles. The van der Waals surface area contributed by atoms with Gasteiger partial charge in [-0.05, 0) is 12.3 Å². The summed E-state index contributed by atoms with van der Waals surface area (Å²) in [4.78, 5) is 8.07. The van der Waals surface area contributed by atoms with E-state index in [4.69, 9.17) is 0 Å². The van der Waals surface area contributed by atoms with E-state index in [1.165, 1.54) is 0 Å². The van der Waals surface area contributed by atoms with Crippen molar-refractivity contribution in [3.63, 3.8) is 0 Å². The Labute approximate surface area is 58.7 Å². The van der Waals surface area contributed by atoms with Crippen molar-refractivity contribution in [3.05, 3.63) is 24.3 Å². The first-order chi connectivity index (χ1) is 4.43. The molecule has 3 heteroatoms. The number of hydrogen-bond donors (Lipinski definition) is 0. The molecule has 1 heterocycles. The lowest BCUT2D eigenvalue weighted by Gasteiger charge is -1.91. The van der Waals surface area contributed by atoms with Gasteiger partial charge in [0, 0.05) is 12.4 Å². The third-order valence-electron chi connectivity index (χ3n) is 0.893. The van der Waals surface area contributed by atoms with E-state index in [2.05, 4.69) is 9.97 Å². The molecule has 2 nitrogen and oxygen atoms in total. The molecule has 0 bridgehead atoms. The van der Waals surface area contributed by atoms with Crippen LogP contribution in [0.25, 0.3) is 0 Å². The van der Waals surface area contributed by atoms with Crippen molar-refractivity contribution in [2.24, 2.45) is 0 Å². The van der Waals surface area contributed by atoms with Crippen LogP contribution in [-0.2, 0) is 5.75 Å². The van der Waals surface area contributed by atoms with E-state index >= 15 is 0 Å². The highest BCUT2D eigenvalue weighted by Crippen LogP contribution is 2.00. The predicted molar refractivity (Wildman–Crippen MR) is 39.3 cm³/mol. The average Bonchev–Trinajstić information content (AvgIpc) is 1.91. The Morgan fingerprint density at radius 2 is 2.11 bits per heavy atom. The Morgan fingerprint density at radius 1 is 1.44 bits per heavy atom. The lowest BCUT2D eigenvalue weighted by atomic mass is 10.6. The molecule has 48 valence electrons. The fraction of sp³-hybridized carbons (Fsp3) is 0.333. The minimum absolute atomic E-state index is 0.904. The van der Waals surface area contributed by atoms with Crippen LogP contribution in [0.5, 0.6) is 0 Å². The summed E-state index contributed by atoms with van der Waals surface area (Å²) in [6.45, 7) is 0. The molecule has 0 aromatic carbocycles. The van der Waals surface area contributed by atoms with E-state index in [9.17, 15) is 0 Å². The standard InChI is InChI=1S/C6H8N2S/c1-9-5-6-7-3-2-4-8-6/h2-4H,5H2,1H3. The molecule has 1 aromatic heterocycles. The minimum Gasteiger partial charge on any atom is -0.240 e. The highest BCUT2D eigenvalue weighted by Gasteiger charge is 1.88. The Bertz CT molecular complexity index is 164. The van der Waals surface area contributed by atoms with Gasteiger partial charge in [0.25, 0.3) is 0 Å². The Morgan fingerprint density at radius 3 is 2.67 bits per heavy atom. The van der Waals surface area contributed by atoms with Gasteiger partial charge in [0.1, 0.15) is 5.82 Å². The maximum Gasteiger partial charge on any atom is 0.138 e. The highest BCUT2D eigenvalue weighted by atomic mass is 32.2. The van der Waals surface area contributed by atoms with Gasteiger partial charge >= 0.3 is 0 Å². The molecule has 0 saturated heterocycles. The Hall–Kier alpha value is -0.570. The first kappa shape index (κ1) is 6.55. The maximum atomic E-state index is 4.04. The maximum absolute atomic E-state index is 4.04. The fourth-order valence-electron chi connectivity index (χ4n) is 0.534. The lowest BCUT2D eigenvalue weighted by Crippen LogP contribution is -1.88. The van der Waals surface area contributed by atoms with Crippen LogP contribution in [0.1, 0.15) is 5.82 Å². The molecule has 9 heavy (non-hydrogen) atoms. The molecule has 0 spiro atoms. The van der Waals surface area contributed by atoms with Crippen molar-refractivity contribution in [1.29, 1.82) is 0 Å². The molecular weight excluding hydrogens is 132 g/mol. The molecule has 0 fully saturated rings. The lowest BCUT2D eigenvalue weighted by molar-refractivity contribution is 1.04. The van der Waals surface area contributed by atoms with E-state index in [-0.39, 0.29) is 0 Å². The number of nitrogens with zero attached hydrogens (tertiary/aromatic N) is 2. The zero-order valence-corrected chi connectivity index (χ0v) is 6.06. The summed E-state index contributed by atoms with van der Waals surface area (Å²) in [6.07, 6.45) is 5.56. The van der Waals surface area contributed by atoms with Gasteiger partial charge in [0.2, 0.25) is 0 Å². The molecule has 0 saturated carbocycles. The number of aromatic nitrogens is 2. The van der Waals surface area contributed by atoms with E-state index in [0.717, 1.165) is 11.6 Å². The van der Waals surface area contributed by atoms with Gasteiger partial charge in [-0.15, -0.1) is 0 Å². The second-order valence-electron chi connectivity index (χ2n) is 1.60. The van der Waals surface area contributed by atoms with Crippen molar-refractivity contribution < 1.29 is 0 Å². The molecule has 0 aliphatic carbocycles. The van der Waals surface area contributed by atoms with Crippen LogP contribution in [0, 0.1) is 0 Å². The van der Waals surface area contributed by atoms with Crippen LogP contribution in [0.3, 0.4) is 0 Å². The minimum atomic E-state index is 0.904. The van der Waals surface area contributed by atoms with Crippen LogP contribution in [0.4, 0.5) is 0 Å². The van der Waals surface area contributed by atoms with Crippen LogP contribution >= 0.6 is 11.8 Å². The second kappa shape index (κ2) is 3.45. The van der Waals surface area contributed by atoms with Gasteiger partial charge in [0.05, 0.1) is 5.75 Å². The molecule has 1 rings (SSSR count). The largest absolute Gasteiger partial charge is 0.240 e. The molecule has 0 aliphatic rings. The third kappa shape index (κ3) is 2.01. The summed E-state index contributed by atoms with van der Waals surface area (Å²) in [5.74, 6) is 1.81. The first-order valence-electron chi connectivity index (χ1n) is 2.68. The number of hydrogen-bond acceptors (Lipinski definition) is 3. The van der Waals surface area contributed by atoms with Crippen LogP contribution in [0.2, 0.25) is 0 Å². The molecule has 0 unspecified atom stereocenters. The van der Waals surface area contributed by atoms with Crippen molar-refractivity contribution >= 4 is 11.8 Å². The summed E-state index contributed by atoms with van der Waals surface area (Å²) >= 11 is 1.73. The zero-order chi connectivity index (χ0) is 6.53. The predicted octanol–water partition coefficient (Wildman–Crippen LogP) is 1.34. The molecule has 0 amide bonds. The van der Waals surface area contributed by atoms with Crippen LogP contribution < -0.4 is 0 Å². The summed E-state index contributed by atoms with van der Waals surface area (Å²) in [5.41, 5.74) is 0. The van der Waals surface area contributed by atoms with Gasteiger partial charge in [-0.1, -0.05) is 0 Å². The van der Waals surface area contributed by atoms with Gasteiger partial charge in [0.15, 0.2) is 0 Å². The normalized spacial score (nSPS) is 9.44. The van der Waals surface area contributed by atoms with E-state index < -0.39 is 0 Å².